The van der Waals surface area contributed by atoms with Crippen LogP contribution in [0.25, 0.3) is 0 Å². The summed E-state index contributed by atoms with van der Waals surface area (Å²) in [4.78, 5) is 8.86. The lowest BCUT2D eigenvalue weighted by atomic mass is 10.3. The van der Waals surface area contributed by atoms with Crippen LogP contribution < -0.4 is 4.90 Å². The minimum Gasteiger partial charge on any atom is -0.355 e. The van der Waals surface area contributed by atoms with Crippen molar-refractivity contribution < 1.29 is 4.39 Å². The summed E-state index contributed by atoms with van der Waals surface area (Å²) in [7, 11) is 0. The fourth-order valence-corrected chi connectivity index (χ4v) is 2.24. The zero-order chi connectivity index (χ0) is 12.3. The topological polar surface area (TPSA) is 19.4 Å². The lowest BCUT2D eigenvalue weighted by Crippen LogP contribution is -2.35. The van der Waals surface area contributed by atoms with E-state index in [1.165, 1.54) is 12.3 Å². The zero-order valence-electron chi connectivity index (χ0n) is 10.6. The van der Waals surface area contributed by atoms with Gasteiger partial charge < -0.3 is 4.90 Å². The molecule has 1 aliphatic heterocycles. The molecule has 17 heavy (non-hydrogen) atoms. The molecule has 0 aliphatic carbocycles. The van der Waals surface area contributed by atoms with E-state index >= 15 is 0 Å². The van der Waals surface area contributed by atoms with E-state index in [2.05, 4.69) is 28.6 Å². The van der Waals surface area contributed by atoms with Gasteiger partial charge in [-0.2, -0.15) is 0 Å². The van der Waals surface area contributed by atoms with Crippen LogP contribution in [0.4, 0.5) is 10.2 Å². The van der Waals surface area contributed by atoms with Crippen molar-refractivity contribution in [3.63, 3.8) is 0 Å². The molecule has 0 bridgehead atoms. The third-order valence-electron chi connectivity index (χ3n) is 3.30. The van der Waals surface area contributed by atoms with Crippen molar-refractivity contribution in [1.82, 2.24) is 9.88 Å². The van der Waals surface area contributed by atoms with Crippen LogP contribution in [-0.2, 0) is 0 Å². The average molecular weight is 237 g/mol. The van der Waals surface area contributed by atoms with Gasteiger partial charge in [0.25, 0.3) is 0 Å². The average Bonchev–Trinajstić information content (AvgIpc) is 2.55. The number of hydrogen-bond donors (Lipinski definition) is 0. The molecule has 1 aliphatic rings. The maximum atomic E-state index is 12.8. The molecule has 0 N–H and O–H groups in total. The van der Waals surface area contributed by atoms with Crippen molar-refractivity contribution in [2.45, 2.75) is 26.3 Å². The van der Waals surface area contributed by atoms with E-state index in [0.717, 1.165) is 38.4 Å². The lowest BCUT2D eigenvalue weighted by Gasteiger charge is -2.25. The maximum Gasteiger partial charge on any atom is 0.141 e. The van der Waals surface area contributed by atoms with Crippen molar-refractivity contribution in [3.8, 4) is 0 Å². The predicted molar refractivity (Wildman–Crippen MR) is 67.7 cm³/mol. The Morgan fingerprint density at radius 1 is 1.18 bits per heavy atom. The van der Waals surface area contributed by atoms with Gasteiger partial charge in [-0.25, -0.2) is 9.37 Å². The van der Waals surface area contributed by atoms with Crippen molar-refractivity contribution in [2.75, 3.05) is 31.1 Å². The molecule has 1 saturated heterocycles. The van der Waals surface area contributed by atoms with Gasteiger partial charge in [0.1, 0.15) is 11.6 Å². The highest BCUT2D eigenvalue weighted by Gasteiger charge is 2.17. The Bertz CT molecular complexity index is 350. The van der Waals surface area contributed by atoms with Crippen LogP contribution in [0, 0.1) is 5.82 Å². The summed E-state index contributed by atoms with van der Waals surface area (Å²) >= 11 is 0. The van der Waals surface area contributed by atoms with E-state index in [4.69, 9.17) is 0 Å². The third-order valence-corrected chi connectivity index (χ3v) is 3.30. The largest absolute Gasteiger partial charge is 0.355 e. The van der Waals surface area contributed by atoms with E-state index in [-0.39, 0.29) is 5.82 Å². The second kappa shape index (κ2) is 5.45. The molecular formula is C13H20FN3. The Morgan fingerprint density at radius 2 is 2.00 bits per heavy atom. The normalized spacial score (nSPS) is 18.5. The van der Waals surface area contributed by atoms with Crippen LogP contribution >= 0.6 is 0 Å². The van der Waals surface area contributed by atoms with Crippen LogP contribution in [0.2, 0.25) is 0 Å². The number of halogens is 1. The molecule has 0 atom stereocenters. The summed E-state index contributed by atoms with van der Waals surface area (Å²) in [5.74, 6) is 0.615. The first-order valence-electron chi connectivity index (χ1n) is 6.27. The molecule has 1 aromatic rings. The molecule has 94 valence electrons. The molecule has 0 amide bonds. The number of pyridine rings is 1. The highest BCUT2D eigenvalue weighted by atomic mass is 19.1. The predicted octanol–water partition coefficient (Wildman–Crippen LogP) is 2.14. The van der Waals surface area contributed by atoms with Gasteiger partial charge in [0.15, 0.2) is 0 Å². The Morgan fingerprint density at radius 3 is 2.65 bits per heavy atom. The molecular weight excluding hydrogens is 217 g/mol. The maximum absolute atomic E-state index is 12.8. The monoisotopic (exact) mass is 237 g/mol. The summed E-state index contributed by atoms with van der Waals surface area (Å²) in [5, 5.41) is 0. The van der Waals surface area contributed by atoms with Gasteiger partial charge in [-0.15, -0.1) is 0 Å². The second-order valence-electron chi connectivity index (χ2n) is 4.80. The molecule has 1 aromatic heterocycles. The lowest BCUT2D eigenvalue weighted by molar-refractivity contribution is 0.238. The molecule has 0 saturated carbocycles. The van der Waals surface area contributed by atoms with Gasteiger partial charge >= 0.3 is 0 Å². The van der Waals surface area contributed by atoms with Crippen molar-refractivity contribution in [1.29, 1.82) is 0 Å². The fraction of sp³-hybridized carbons (Fsp3) is 0.615. The smallest absolute Gasteiger partial charge is 0.141 e. The first-order chi connectivity index (χ1) is 8.16. The van der Waals surface area contributed by atoms with E-state index < -0.39 is 0 Å². The van der Waals surface area contributed by atoms with Gasteiger partial charge in [0.2, 0.25) is 0 Å². The van der Waals surface area contributed by atoms with Crippen LogP contribution in [0.3, 0.4) is 0 Å². The van der Waals surface area contributed by atoms with Gasteiger partial charge in [-0.05, 0) is 32.4 Å². The molecule has 0 spiro atoms. The van der Waals surface area contributed by atoms with Crippen molar-refractivity contribution >= 4 is 5.82 Å². The van der Waals surface area contributed by atoms with Crippen LogP contribution in [0.1, 0.15) is 20.3 Å². The molecule has 4 heteroatoms. The Labute approximate surface area is 102 Å². The standard InChI is InChI=1S/C13H20FN3/c1-11(2)16-6-3-7-17(9-8-16)13-5-4-12(14)10-15-13/h4-5,10-11H,3,6-9H2,1-2H3. The Hall–Kier alpha value is -1.16. The van der Waals surface area contributed by atoms with Crippen LogP contribution in [0.15, 0.2) is 18.3 Å². The number of nitrogens with zero attached hydrogens (tertiary/aromatic N) is 3. The molecule has 0 aromatic carbocycles. The van der Waals surface area contributed by atoms with Gasteiger partial charge in [-0.1, -0.05) is 0 Å². The summed E-state index contributed by atoms with van der Waals surface area (Å²) < 4.78 is 12.8. The molecule has 0 radical (unpaired) electrons. The minimum atomic E-state index is -0.271. The fourth-order valence-electron chi connectivity index (χ4n) is 2.24. The van der Waals surface area contributed by atoms with Gasteiger partial charge in [0.05, 0.1) is 6.20 Å². The summed E-state index contributed by atoms with van der Waals surface area (Å²) in [5.41, 5.74) is 0. The van der Waals surface area contributed by atoms with Gasteiger partial charge in [0, 0.05) is 32.2 Å². The zero-order valence-corrected chi connectivity index (χ0v) is 10.6. The van der Waals surface area contributed by atoms with E-state index in [1.807, 2.05) is 0 Å². The minimum absolute atomic E-state index is 0.271. The first-order valence-corrected chi connectivity index (χ1v) is 6.27. The summed E-state index contributed by atoms with van der Waals surface area (Å²) in [6.07, 6.45) is 2.43. The number of anilines is 1. The van der Waals surface area contributed by atoms with Gasteiger partial charge in [-0.3, -0.25) is 4.90 Å². The third kappa shape index (κ3) is 3.16. The first kappa shape index (κ1) is 12.3. The second-order valence-corrected chi connectivity index (χ2v) is 4.80. The summed E-state index contributed by atoms with van der Waals surface area (Å²) in [6, 6.07) is 3.84. The number of aromatic nitrogens is 1. The number of hydrogen-bond acceptors (Lipinski definition) is 3. The molecule has 2 rings (SSSR count). The quantitative estimate of drug-likeness (QED) is 0.785. The summed E-state index contributed by atoms with van der Waals surface area (Å²) in [6.45, 7) is 8.61. The highest BCUT2D eigenvalue weighted by molar-refractivity contribution is 5.38. The molecule has 3 nitrogen and oxygen atoms in total. The SMILES string of the molecule is CC(C)N1CCCN(c2ccc(F)cn2)CC1. The van der Waals surface area contributed by atoms with Crippen LogP contribution in [0.5, 0.6) is 0 Å². The Balaban J connectivity index is 2.01. The molecule has 2 heterocycles. The highest BCUT2D eigenvalue weighted by Crippen LogP contribution is 2.14. The molecule has 1 fully saturated rings. The molecule has 0 unspecified atom stereocenters. The van der Waals surface area contributed by atoms with Crippen molar-refractivity contribution in [2.24, 2.45) is 0 Å². The van der Waals surface area contributed by atoms with E-state index in [9.17, 15) is 4.39 Å². The van der Waals surface area contributed by atoms with E-state index in [0.29, 0.717) is 6.04 Å². The Kier molecular flexibility index (Phi) is 3.94. The van der Waals surface area contributed by atoms with Crippen molar-refractivity contribution in [3.05, 3.63) is 24.1 Å². The van der Waals surface area contributed by atoms with Crippen LogP contribution in [-0.4, -0.2) is 42.1 Å². The number of rotatable bonds is 2. The van der Waals surface area contributed by atoms with E-state index in [1.54, 1.807) is 6.07 Å².